The number of aromatic nitrogens is 1. The lowest BCUT2D eigenvalue weighted by molar-refractivity contribution is -0.130. The van der Waals surface area contributed by atoms with E-state index in [4.69, 9.17) is 0 Å². The molecule has 92 valence electrons. The third kappa shape index (κ3) is 5.24. The molecule has 1 heterocycles. The van der Waals surface area contributed by atoms with Gasteiger partial charge in [-0.25, -0.2) is 0 Å². The van der Waals surface area contributed by atoms with Crippen molar-refractivity contribution in [1.82, 2.24) is 4.98 Å². The van der Waals surface area contributed by atoms with Crippen LogP contribution in [0.4, 0.5) is 0 Å². The molecule has 0 fully saturated rings. The van der Waals surface area contributed by atoms with Crippen LogP contribution in [0, 0.1) is 5.92 Å². The van der Waals surface area contributed by atoms with E-state index in [1.165, 1.54) is 0 Å². The maximum atomic E-state index is 11.6. The van der Waals surface area contributed by atoms with Gasteiger partial charge in [-0.05, 0) is 18.1 Å². The standard InChI is InChI=1S/C13H17NO3/c1-10(2)6-13(16)7-11-4-3-5-12(14-11)8-17-9-15/h3-5,9-10H,6-8H2,1-2H3. The molecule has 0 N–H and O–H groups in total. The fourth-order valence-corrected chi connectivity index (χ4v) is 1.56. The summed E-state index contributed by atoms with van der Waals surface area (Å²) >= 11 is 0. The first kappa shape index (κ1) is 13.4. The molecule has 4 nitrogen and oxygen atoms in total. The molecule has 0 unspecified atom stereocenters. The lowest BCUT2D eigenvalue weighted by Crippen LogP contribution is -2.08. The van der Waals surface area contributed by atoms with Crippen LogP contribution in [0.25, 0.3) is 0 Å². The summed E-state index contributed by atoms with van der Waals surface area (Å²) in [6.45, 7) is 4.56. The minimum absolute atomic E-state index is 0.149. The molecule has 0 atom stereocenters. The molecule has 0 aromatic carbocycles. The number of hydrogen-bond donors (Lipinski definition) is 0. The van der Waals surface area contributed by atoms with Gasteiger partial charge in [0, 0.05) is 18.5 Å². The van der Waals surface area contributed by atoms with Crippen LogP contribution in [0.3, 0.4) is 0 Å². The number of Topliss-reactive ketones (excluding diaryl/α,β-unsaturated/α-hetero) is 1. The highest BCUT2D eigenvalue weighted by Gasteiger charge is 2.07. The van der Waals surface area contributed by atoms with Gasteiger partial charge in [0.1, 0.15) is 12.4 Å². The minimum atomic E-state index is 0.149. The van der Waals surface area contributed by atoms with Gasteiger partial charge in [-0.2, -0.15) is 0 Å². The zero-order valence-corrected chi connectivity index (χ0v) is 10.2. The van der Waals surface area contributed by atoms with Crippen molar-refractivity contribution in [3.8, 4) is 0 Å². The van der Waals surface area contributed by atoms with Gasteiger partial charge in [-0.3, -0.25) is 14.6 Å². The minimum Gasteiger partial charge on any atom is -0.461 e. The monoisotopic (exact) mass is 235 g/mol. The Labute approximate surface area is 101 Å². The van der Waals surface area contributed by atoms with Crippen LogP contribution in [-0.2, 0) is 27.4 Å². The summed E-state index contributed by atoms with van der Waals surface area (Å²) in [4.78, 5) is 25.9. The highest BCUT2D eigenvalue weighted by molar-refractivity contribution is 5.80. The van der Waals surface area contributed by atoms with Crippen molar-refractivity contribution in [2.45, 2.75) is 33.3 Å². The van der Waals surface area contributed by atoms with Gasteiger partial charge < -0.3 is 4.74 Å². The van der Waals surface area contributed by atoms with E-state index in [9.17, 15) is 9.59 Å². The van der Waals surface area contributed by atoms with Crippen molar-refractivity contribution >= 4 is 12.3 Å². The van der Waals surface area contributed by atoms with Gasteiger partial charge >= 0.3 is 0 Å². The zero-order valence-electron chi connectivity index (χ0n) is 10.2. The molecule has 17 heavy (non-hydrogen) atoms. The molecule has 0 saturated carbocycles. The van der Waals surface area contributed by atoms with Crippen molar-refractivity contribution in [2.24, 2.45) is 5.92 Å². The average Bonchev–Trinajstić information content (AvgIpc) is 2.25. The Morgan fingerprint density at radius 1 is 1.41 bits per heavy atom. The van der Waals surface area contributed by atoms with Crippen molar-refractivity contribution in [2.75, 3.05) is 0 Å². The zero-order chi connectivity index (χ0) is 12.7. The second-order valence-electron chi connectivity index (χ2n) is 4.34. The van der Waals surface area contributed by atoms with Crippen LogP contribution in [0.2, 0.25) is 0 Å². The fourth-order valence-electron chi connectivity index (χ4n) is 1.56. The molecule has 0 amide bonds. The first-order valence-electron chi connectivity index (χ1n) is 5.63. The third-order valence-electron chi connectivity index (χ3n) is 2.18. The van der Waals surface area contributed by atoms with E-state index in [-0.39, 0.29) is 12.4 Å². The van der Waals surface area contributed by atoms with Gasteiger partial charge in [-0.1, -0.05) is 19.9 Å². The predicted octanol–water partition coefficient (Wildman–Crippen LogP) is 1.91. The van der Waals surface area contributed by atoms with Crippen molar-refractivity contribution in [3.63, 3.8) is 0 Å². The lowest BCUT2D eigenvalue weighted by atomic mass is 10.0. The molecule has 0 aliphatic heterocycles. The summed E-state index contributed by atoms with van der Waals surface area (Å²) in [6, 6.07) is 5.39. The summed E-state index contributed by atoms with van der Waals surface area (Å²) in [5, 5.41) is 0. The van der Waals surface area contributed by atoms with E-state index < -0.39 is 0 Å². The van der Waals surface area contributed by atoms with Crippen molar-refractivity contribution in [1.29, 1.82) is 0 Å². The molecule has 0 aliphatic rings. The molecule has 0 spiro atoms. The SMILES string of the molecule is CC(C)CC(=O)Cc1cccc(COC=O)n1. The molecule has 1 aromatic heterocycles. The summed E-state index contributed by atoms with van der Waals surface area (Å²) in [6.07, 6.45) is 0.907. The highest BCUT2D eigenvalue weighted by atomic mass is 16.5. The van der Waals surface area contributed by atoms with E-state index in [0.29, 0.717) is 30.9 Å². The first-order valence-corrected chi connectivity index (χ1v) is 5.63. The number of carbonyl (C=O) groups excluding carboxylic acids is 2. The summed E-state index contributed by atoms with van der Waals surface area (Å²) < 4.78 is 4.62. The van der Waals surface area contributed by atoms with Crippen LogP contribution in [-0.4, -0.2) is 17.2 Å². The second-order valence-corrected chi connectivity index (χ2v) is 4.34. The van der Waals surface area contributed by atoms with Crippen LogP contribution >= 0.6 is 0 Å². The number of ketones is 1. The van der Waals surface area contributed by atoms with E-state index in [1.54, 1.807) is 6.07 Å². The molecule has 1 rings (SSSR count). The fraction of sp³-hybridized carbons (Fsp3) is 0.462. The summed E-state index contributed by atoms with van der Waals surface area (Å²) in [5.41, 5.74) is 1.38. The molecule has 4 heteroatoms. The molecule has 0 radical (unpaired) electrons. The second kappa shape index (κ2) is 6.78. The summed E-state index contributed by atoms with van der Waals surface area (Å²) in [7, 11) is 0. The van der Waals surface area contributed by atoms with Crippen LogP contribution in [0.1, 0.15) is 31.7 Å². The first-order chi connectivity index (χ1) is 8.11. The van der Waals surface area contributed by atoms with Crippen LogP contribution < -0.4 is 0 Å². The van der Waals surface area contributed by atoms with Crippen molar-refractivity contribution < 1.29 is 14.3 Å². The van der Waals surface area contributed by atoms with E-state index in [1.807, 2.05) is 26.0 Å². The Balaban J connectivity index is 2.58. The molecule has 0 aliphatic carbocycles. The summed E-state index contributed by atoms with van der Waals surface area (Å²) in [5.74, 6) is 0.546. The topological polar surface area (TPSA) is 56.3 Å². The Hall–Kier alpha value is -1.71. The lowest BCUT2D eigenvalue weighted by Gasteiger charge is -2.05. The smallest absolute Gasteiger partial charge is 0.293 e. The van der Waals surface area contributed by atoms with Crippen LogP contribution in [0.15, 0.2) is 18.2 Å². The van der Waals surface area contributed by atoms with Gasteiger partial charge in [0.2, 0.25) is 0 Å². The number of carbonyl (C=O) groups is 2. The Morgan fingerprint density at radius 3 is 2.76 bits per heavy atom. The average molecular weight is 235 g/mol. The Kier molecular flexibility index (Phi) is 5.33. The van der Waals surface area contributed by atoms with Gasteiger partial charge in [-0.15, -0.1) is 0 Å². The Morgan fingerprint density at radius 2 is 2.12 bits per heavy atom. The van der Waals surface area contributed by atoms with Crippen LogP contribution in [0.5, 0.6) is 0 Å². The highest BCUT2D eigenvalue weighted by Crippen LogP contribution is 2.06. The third-order valence-corrected chi connectivity index (χ3v) is 2.18. The van der Waals surface area contributed by atoms with Gasteiger partial charge in [0.15, 0.2) is 0 Å². The number of nitrogens with zero attached hydrogens (tertiary/aromatic N) is 1. The number of hydrogen-bond acceptors (Lipinski definition) is 4. The normalized spacial score (nSPS) is 10.3. The largest absolute Gasteiger partial charge is 0.461 e. The van der Waals surface area contributed by atoms with E-state index >= 15 is 0 Å². The maximum Gasteiger partial charge on any atom is 0.293 e. The van der Waals surface area contributed by atoms with Gasteiger partial charge in [0.05, 0.1) is 5.69 Å². The molecule has 0 saturated heterocycles. The number of rotatable bonds is 7. The van der Waals surface area contributed by atoms with E-state index in [2.05, 4.69) is 9.72 Å². The molecule has 1 aromatic rings. The van der Waals surface area contributed by atoms with E-state index in [0.717, 1.165) is 5.69 Å². The number of pyridine rings is 1. The molecule has 0 bridgehead atoms. The molecular formula is C13H17NO3. The molecular weight excluding hydrogens is 218 g/mol. The maximum absolute atomic E-state index is 11.6. The van der Waals surface area contributed by atoms with Gasteiger partial charge in [0.25, 0.3) is 6.47 Å². The predicted molar refractivity (Wildman–Crippen MR) is 63.3 cm³/mol. The quantitative estimate of drug-likeness (QED) is 0.677. The van der Waals surface area contributed by atoms with Crippen molar-refractivity contribution in [3.05, 3.63) is 29.6 Å². The number of ether oxygens (including phenoxy) is 1. The Bertz CT molecular complexity index is 388.